The number of fused-ring (bicyclic) bond motifs is 1. The fourth-order valence-corrected chi connectivity index (χ4v) is 5.09. The van der Waals surface area contributed by atoms with E-state index in [1.807, 2.05) is 49.6 Å². The Morgan fingerprint density at radius 2 is 1.97 bits per heavy atom. The molecular weight excluding hydrogens is 521 g/mol. The fourth-order valence-electron chi connectivity index (χ4n) is 4.90. The number of piperidine rings is 1. The number of imidazole rings is 1. The Morgan fingerprint density at radius 3 is 2.72 bits per heavy atom. The molecule has 0 aliphatic carbocycles. The lowest BCUT2D eigenvalue weighted by atomic mass is 10.1. The van der Waals surface area contributed by atoms with Crippen LogP contribution in [0.4, 0.5) is 15.1 Å². The zero-order valence-electron chi connectivity index (χ0n) is 22.2. The van der Waals surface area contributed by atoms with Crippen molar-refractivity contribution in [2.45, 2.75) is 51.8 Å². The van der Waals surface area contributed by atoms with Crippen LogP contribution in [0.1, 0.15) is 39.2 Å². The summed E-state index contributed by atoms with van der Waals surface area (Å²) in [6.07, 6.45) is 2.77. The molecular formula is C29H31ClFN5O3. The number of ether oxygens (including phenoxy) is 1. The number of carbonyl (C=O) groups is 1. The van der Waals surface area contributed by atoms with Crippen LogP contribution in [0.5, 0.6) is 0 Å². The second-order valence-corrected chi connectivity index (χ2v) is 11.1. The van der Waals surface area contributed by atoms with Crippen LogP contribution in [-0.2, 0) is 11.3 Å². The van der Waals surface area contributed by atoms with Gasteiger partial charge in [0, 0.05) is 30.4 Å². The third-order valence-corrected chi connectivity index (χ3v) is 6.94. The molecule has 3 heterocycles. The average molecular weight is 552 g/mol. The summed E-state index contributed by atoms with van der Waals surface area (Å²) in [4.78, 5) is 33.2. The normalized spacial score (nSPS) is 15.9. The highest BCUT2D eigenvalue weighted by Gasteiger charge is 2.28. The van der Waals surface area contributed by atoms with Crippen molar-refractivity contribution < 1.29 is 13.9 Å². The van der Waals surface area contributed by atoms with Crippen LogP contribution in [0.3, 0.4) is 0 Å². The number of nitrogens with one attached hydrogen (secondary N) is 1. The molecule has 0 bridgehead atoms. The van der Waals surface area contributed by atoms with Gasteiger partial charge in [0.2, 0.25) is 5.95 Å². The summed E-state index contributed by atoms with van der Waals surface area (Å²) in [7, 11) is 0. The van der Waals surface area contributed by atoms with Crippen LogP contribution < -0.4 is 15.8 Å². The van der Waals surface area contributed by atoms with Gasteiger partial charge in [-0.15, -0.1) is 0 Å². The highest BCUT2D eigenvalue weighted by atomic mass is 35.5. The number of hydrogen-bond donors (Lipinski definition) is 1. The van der Waals surface area contributed by atoms with Crippen molar-refractivity contribution in [3.63, 3.8) is 0 Å². The lowest BCUT2D eigenvalue weighted by molar-refractivity contribution is 0.0499. The monoisotopic (exact) mass is 551 g/mol. The summed E-state index contributed by atoms with van der Waals surface area (Å²) in [5, 5.41) is 3.55. The number of hydrogen-bond acceptors (Lipinski definition) is 5. The van der Waals surface area contributed by atoms with E-state index in [2.05, 4.69) is 10.2 Å². The first-order valence-electron chi connectivity index (χ1n) is 12.9. The van der Waals surface area contributed by atoms with E-state index in [9.17, 15) is 14.0 Å². The number of alkyl carbamates (subject to hydrolysis) is 1. The van der Waals surface area contributed by atoms with E-state index in [1.165, 1.54) is 16.7 Å². The van der Waals surface area contributed by atoms with Crippen LogP contribution >= 0.6 is 11.6 Å². The molecule has 4 aromatic rings. The maximum atomic E-state index is 14.0. The molecule has 39 heavy (non-hydrogen) atoms. The van der Waals surface area contributed by atoms with Crippen molar-refractivity contribution >= 4 is 34.7 Å². The standard InChI is InChI=1S/C29H31ClFN5O3/c1-29(2,3)39-28(38)32-21-10-7-14-34(18-21)27-33-24-13-15-35(22-11-6-9-20(31)16-22)26(37)25(24)36(27)17-19-8-4-5-12-23(19)30/h4-6,8-9,11-13,15-16,21H,7,10,14,17-18H2,1-3H3,(H,32,38)/t21-/m1/s1. The van der Waals surface area contributed by atoms with Gasteiger partial charge in [-0.1, -0.05) is 35.9 Å². The lowest BCUT2D eigenvalue weighted by Crippen LogP contribution is -2.49. The topological polar surface area (TPSA) is 81.4 Å². The number of amides is 1. The first-order chi connectivity index (χ1) is 18.6. The van der Waals surface area contributed by atoms with Crippen molar-refractivity contribution in [3.05, 3.63) is 87.6 Å². The molecule has 1 atom stereocenters. The predicted molar refractivity (Wildman–Crippen MR) is 150 cm³/mol. The summed E-state index contributed by atoms with van der Waals surface area (Å²) in [6.45, 7) is 7.00. The van der Waals surface area contributed by atoms with E-state index in [4.69, 9.17) is 21.3 Å². The molecule has 1 aliphatic rings. The number of nitrogens with zero attached hydrogens (tertiary/aromatic N) is 4. The first kappa shape index (κ1) is 26.7. The minimum absolute atomic E-state index is 0.147. The van der Waals surface area contributed by atoms with Crippen molar-refractivity contribution in [2.75, 3.05) is 18.0 Å². The Balaban J connectivity index is 1.56. The number of benzene rings is 2. The van der Waals surface area contributed by atoms with Gasteiger partial charge in [0.15, 0.2) is 0 Å². The first-order valence-corrected chi connectivity index (χ1v) is 13.3. The van der Waals surface area contributed by atoms with Crippen LogP contribution in [0.25, 0.3) is 16.7 Å². The predicted octanol–water partition coefficient (Wildman–Crippen LogP) is 5.52. The molecule has 8 nitrogen and oxygen atoms in total. The molecule has 0 spiro atoms. The van der Waals surface area contributed by atoms with Gasteiger partial charge in [-0.3, -0.25) is 9.36 Å². The zero-order chi connectivity index (χ0) is 27.7. The molecule has 1 fully saturated rings. The Bertz CT molecular complexity index is 1580. The van der Waals surface area contributed by atoms with Gasteiger partial charge in [-0.2, -0.15) is 0 Å². The van der Waals surface area contributed by atoms with E-state index < -0.39 is 17.5 Å². The van der Waals surface area contributed by atoms with Crippen molar-refractivity contribution in [3.8, 4) is 5.69 Å². The van der Waals surface area contributed by atoms with Gasteiger partial charge in [0.1, 0.15) is 16.9 Å². The number of rotatable bonds is 5. The molecule has 1 amide bonds. The quantitative estimate of drug-likeness (QED) is 0.353. The molecule has 10 heteroatoms. The van der Waals surface area contributed by atoms with E-state index in [0.717, 1.165) is 18.4 Å². The van der Waals surface area contributed by atoms with Crippen LogP contribution in [0.15, 0.2) is 65.6 Å². The van der Waals surface area contributed by atoms with Gasteiger partial charge >= 0.3 is 6.09 Å². The summed E-state index contributed by atoms with van der Waals surface area (Å²) in [5.74, 6) is 0.177. The molecule has 1 aliphatic heterocycles. The number of halogens is 2. The molecule has 1 N–H and O–H groups in total. The Hall–Kier alpha value is -3.85. The molecule has 0 saturated carbocycles. The minimum Gasteiger partial charge on any atom is -0.444 e. The lowest BCUT2D eigenvalue weighted by Gasteiger charge is -2.34. The van der Waals surface area contributed by atoms with E-state index in [0.29, 0.717) is 47.3 Å². The molecule has 0 unspecified atom stereocenters. The summed E-state index contributed by atoms with van der Waals surface area (Å²) < 4.78 is 22.7. The molecule has 0 radical (unpaired) electrons. The third kappa shape index (κ3) is 5.93. The van der Waals surface area contributed by atoms with E-state index >= 15 is 0 Å². The van der Waals surface area contributed by atoms with Crippen LogP contribution in [-0.4, -0.2) is 44.9 Å². The van der Waals surface area contributed by atoms with E-state index in [1.54, 1.807) is 24.4 Å². The van der Waals surface area contributed by atoms with Crippen molar-refractivity contribution in [2.24, 2.45) is 0 Å². The van der Waals surface area contributed by atoms with Gasteiger partial charge < -0.3 is 19.5 Å². The zero-order valence-corrected chi connectivity index (χ0v) is 22.9. The maximum Gasteiger partial charge on any atom is 0.407 e. The van der Waals surface area contributed by atoms with Gasteiger partial charge in [0.25, 0.3) is 5.56 Å². The molecule has 204 valence electrons. The van der Waals surface area contributed by atoms with Crippen molar-refractivity contribution in [1.82, 2.24) is 19.4 Å². The van der Waals surface area contributed by atoms with Gasteiger partial charge in [-0.05, 0) is 69.5 Å². The largest absolute Gasteiger partial charge is 0.444 e. The number of aromatic nitrogens is 3. The molecule has 2 aromatic carbocycles. The number of carbonyl (C=O) groups excluding carboxylic acids is 1. The molecule has 1 saturated heterocycles. The summed E-state index contributed by atoms with van der Waals surface area (Å²) >= 11 is 6.51. The average Bonchev–Trinajstić information content (AvgIpc) is 3.24. The summed E-state index contributed by atoms with van der Waals surface area (Å²) in [5.41, 5.74) is 1.26. The SMILES string of the molecule is CC(C)(C)OC(=O)N[C@@H]1CCCN(c2nc3ccn(-c4cccc(F)c4)c(=O)c3n2Cc2ccccc2Cl)C1. The van der Waals surface area contributed by atoms with Gasteiger partial charge in [0.05, 0.1) is 17.7 Å². The second kappa shape index (κ2) is 10.7. The highest BCUT2D eigenvalue weighted by molar-refractivity contribution is 6.31. The third-order valence-electron chi connectivity index (χ3n) is 6.58. The number of anilines is 1. The minimum atomic E-state index is -0.594. The molecule has 2 aromatic heterocycles. The second-order valence-electron chi connectivity index (χ2n) is 10.7. The number of pyridine rings is 1. The fraction of sp³-hybridized carbons (Fsp3) is 0.345. The smallest absolute Gasteiger partial charge is 0.407 e. The van der Waals surface area contributed by atoms with Crippen LogP contribution in [0, 0.1) is 5.82 Å². The van der Waals surface area contributed by atoms with Crippen LogP contribution in [0.2, 0.25) is 5.02 Å². The van der Waals surface area contributed by atoms with Crippen molar-refractivity contribution in [1.29, 1.82) is 0 Å². The Labute approximate surface area is 231 Å². The molecule has 5 rings (SSSR count). The Morgan fingerprint density at radius 1 is 1.18 bits per heavy atom. The Kier molecular flexibility index (Phi) is 7.36. The van der Waals surface area contributed by atoms with E-state index in [-0.39, 0.29) is 11.6 Å². The maximum absolute atomic E-state index is 14.0. The van der Waals surface area contributed by atoms with Gasteiger partial charge in [-0.25, -0.2) is 14.2 Å². The highest BCUT2D eigenvalue weighted by Crippen LogP contribution is 2.27. The summed E-state index contributed by atoms with van der Waals surface area (Å²) in [6, 6.07) is 15.0.